The summed E-state index contributed by atoms with van der Waals surface area (Å²) in [5.41, 5.74) is 6.50. The van der Waals surface area contributed by atoms with Crippen molar-refractivity contribution in [1.82, 2.24) is 24.9 Å². The summed E-state index contributed by atoms with van der Waals surface area (Å²) in [6.45, 7) is 6.45. The number of anilines is 3. The summed E-state index contributed by atoms with van der Waals surface area (Å²) in [4.78, 5) is 29.7. The molecule has 11 nitrogen and oxygen atoms in total. The van der Waals surface area contributed by atoms with E-state index in [4.69, 9.17) is 14.9 Å². The number of carbonyl (C=O) groups excluding carboxylic acids is 1. The largest absolute Gasteiger partial charge is 0.476 e. The smallest absolute Gasteiger partial charge is 0.356 e. The number of aryl methyl sites for hydroxylation is 2. The summed E-state index contributed by atoms with van der Waals surface area (Å²) in [6, 6.07) is 15.2. The van der Waals surface area contributed by atoms with Crippen molar-refractivity contribution in [2.75, 3.05) is 49.2 Å². The van der Waals surface area contributed by atoms with Crippen molar-refractivity contribution in [3.8, 4) is 11.1 Å². The number of aromatic nitrogens is 4. The third-order valence-corrected chi connectivity index (χ3v) is 11.8. The van der Waals surface area contributed by atoms with Crippen molar-refractivity contribution in [3.05, 3.63) is 82.2 Å². The van der Waals surface area contributed by atoms with Gasteiger partial charge in [-0.15, -0.1) is 10.2 Å². The number of hydrogen-bond donors (Lipinski definition) is 1. The van der Waals surface area contributed by atoms with E-state index in [1.165, 1.54) is 11.6 Å². The lowest BCUT2D eigenvalue weighted by molar-refractivity contribution is -0.129. The monoisotopic (exact) mass is 739 g/mol. The Morgan fingerprint density at radius 1 is 0.944 bits per heavy atom. The number of carboxylic acid groups (broad SMARTS) is 1. The van der Waals surface area contributed by atoms with Crippen LogP contribution in [0.4, 0.5) is 26.1 Å². The van der Waals surface area contributed by atoms with Gasteiger partial charge >= 0.3 is 5.97 Å². The van der Waals surface area contributed by atoms with Crippen LogP contribution < -0.4 is 9.80 Å². The van der Waals surface area contributed by atoms with Crippen LogP contribution in [0.3, 0.4) is 0 Å². The van der Waals surface area contributed by atoms with Crippen molar-refractivity contribution < 1.29 is 28.2 Å². The van der Waals surface area contributed by atoms with Gasteiger partial charge in [-0.05, 0) is 104 Å². The average Bonchev–Trinajstić information content (AvgIpc) is 3.59. The second kappa shape index (κ2) is 15.4. The van der Waals surface area contributed by atoms with Crippen LogP contribution in [0.2, 0.25) is 0 Å². The van der Waals surface area contributed by atoms with Crippen molar-refractivity contribution >= 4 is 29.2 Å². The third-order valence-electron chi connectivity index (χ3n) is 11.8. The minimum absolute atomic E-state index is 0.0190. The first-order chi connectivity index (χ1) is 26.2. The van der Waals surface area contributed by atoms with E-state index >= 15 is 0 Å². The first-order valence-electron chi connectivity index (χ1n) is 19.3. The Kier molecular flexibility index (Phi) is 10.3. The van der Waals surface area contributed by atoms with Crippen LogP contribution in [0.15, 0.2) is 48.5 Å². The fourth-order valence-corrected chi connectivity index (χ4v) is 8.73. The molecule has 0 saturated carbocycles. The molecule has 2 aromatic heterocycles. The third kappa shape index (κ3) is 7.30. The minimum Gasteiger partial charge on any atom is -0.476 e. The second-order valence-electron chi connectivity index (χ2n) is 15.1. The molecule has 6 heterocycles. The van der Waals surface area contributed by atoms with Gasteiger partial charge in [-0.1, -0.05) is 24.3 Å². The summed E-state index contributed by atoms with van der Waals surface area (Å²) in [7, 11) is 0. The van der Waals surface area contributed by atoms with Crippen molar-refractivity contribution in [2.45, 2.75) is 83.7 Å². The zero-order valence-corrected chi connectivity index (χ0v) is 30.7. The fraction of sp³-hybridized carbons (Fsp3) is 0.488. The Hall–Kier alpha value is -4.91. The number of aromatic carboxylic acids is 1. The molecule has 0 spiro atoms. The molecular weight excluding hydrogens is 692 g/mol. The number of carboxylic acids is 1. The minimum atomic E-state index is -2.65. The van der Waals surface area contributed by atoms with Gasteiger partial charge < -0.3 is 24.5 Å². The molecule has 4 aliphatic heterocycles. The molecule has 0 bridgehead atoms. The molecular formula is C41H47F2N7O4. The number of piperidine rings is 1. The Morgan fingerprint density at radius 3 is 2.41 bits per heavy atom. The summed E-state index contributed by atoms with van der Waals surface area (Å²) in [5.74, 6) is 0.988. The van der Waals surface area contributed by atoms with Crippen LogP contribution >= 0.6 is 0 Å². The van der Waals surface area contributed by atoms with Gasteiger partial charge in [-0.25, -0.2) is 13.6 Å². The predicted molar refractivity (Wildman–Crippen MR) is 201 cm³/mol. The lowest BCUT2D eigenvalue weighted by Crippen LogP contribution is -2.36. The van der Waals surface area contributed by atoms with Crippen LogP contribution in [0.25, 0.3) is 11.1 Å². The van der Waals surface area contributed by atoms with E-state index in [2.05, 4.69) is 36.8 Å². The highest BCUT2D eigenvalue weighted by Gasteiger charge is 2.34. The molecule has 0 aliphatic carbocycles. The number of rotatable bonds is 9. The summed E-state index contributed by atoms with van der Waals surface area (Å²) in [5, 5.41) is 22.2. The zero-order valence-electron chi connectivity index (χ0n) is 30.7. The first-order valence-corrected chi connectivity index (χ1v) is 19.3. The number of ether oxygens (including phenoxy) is 1. The van der Waals surface area contributed by atoms with Gasteiger partial charge in [0.1, 0.15) is 0 Å². The SMILES string of the molecule is CC(=O)N1CCc2c(c(N3CCCc4cc(-c5ccc(CCC6CCN(c7ccc(C(=O)O)nn7)CC6)cc5)c(C(F)F)cc43)nn2C2CCOCC2)C1. The van der Waals surface area contributed by atoms with Crippen LogP contribution in [0.1, 0.15) is 96.4 Å². The molecule has 4 aromatic rings. The molecule has 2 fully saturated rings. The lowest BCUT2D eigenvalue weighted by atomic mass is 9.89. The Bertz CT molecular complexity index is 1990. The van der Waals surface area contributed by atoms with Gasteiger partial charge in [0.15, 0.2) is 17.3 Å². The molecule has 0 radical (unpaired) electrons. The van der Waals surface area contributed by atoms with Crippen molar-refractivity contribution in [2.24, 2.45) is 5.92 Å². The molecule has 2 aromatic carbocycles. The second-order valence-corrected chi connectivity index (χ2v) is 15.1. The maximum absolute atomic E-state index is 14.9. The molecule has 4 aliphatic rings. The van der Waals surface area contributed by atoms with Crippen LogP contribution in [0.5, 0.6) is 0 Å². The standard InChI is InChI=1S/C41H47F2N7O4/c1-26(51)48-20-14-36-34(25-48)40(46-50(36)31-15-21-54-22-16-31)49-17-2-3-30-23-32(33(39(42)43)24-37(30)49)29-8-6-27(7-9-29)4-5-28-12-18-47(19-13-28)38-11-10-35(41(52)53)44-45-38/h6-11,23-24,28,31,39H,2-5,12-22,25H2,1H3,(H,52,53). The van der Waals surface area contributed by atoms with E-state index in [1.54, 1.807) is 19.1 Å². The topological polar surface area (TPSA) is 117 Å². The number of halogens is 2. The summed E-state index contributed by atoms with van der Waals surface area (Å²) >= 11 is 0. The zero-order chi connectivity index (χ0) is 37.3. The number of benzene rings is 2. The van der Waals surface area contributed by atoms with E-state index < -0.39 is 12.4 Å². The first kappa shape index (κ1) is 36.1. The lowest BCUT2D eigenvalue weighted by Gasteiger charge is -2.33. The predicted octanol–water partition coefficient (Wildman–Crippen LogP) is 7.17. The van der Waals surface area contributed by atoms with Gasteiger partial charge in [-0.2, -0.15) is 5.10 Å². The number of fused-ring (bicyclic) bond motifs is 2. The van der Waals surface area contributed by atoms with Gasteiger partial charge in [0.05, 0.1) is 12.6 Å². The number of alkyl halides is 2. The van der Waals surface area contributed by atoms with Crippen LogP contribution in [-0.4, -0.2) is 81.3 Å². The molecule has 2 saturated heterocycles. The normalized spacial score (nSPS) is 18.2. The fourth-order valence-electron chi connectivity index (χ4n) is 8.73. The Labute approximate surface area is 313 Å². The quantitative estimate of drug-likeness (QED) is 0.191. The van der Waals surface area contributed by atoms with Gasteiger partial charge in [-0.3, -0.25) is 9.48 Å². The van der Waals surface area contributed by atoms with Gasteiger partial charge in [0, 0.05) is 75.2 Å². The highest BCUT2D eigenvalue weighted by molar-refractivity contribution is 5.85. The number of nitrogens with zero attached hydrogens (tertiary/aromatic N) is 7. The molecule has 284 valence electrons. The van der Waals surface area contributed by atoms with Crippen molar-refractivity contribution in [1.29, 1.82) is 0 Å². The highest BCUT2D eigenvalue weighted by Crippen LogP contribution is 2.44. The van der Waals surface area contributed by atoms with E-state index in [9.17, 15) is 18.4 Å². The van der Waals surface area contributed by atoms with Gasteiger partial charge in [0.25, 0.3) is 6.43 Å². The molecule has 54 heavy (non-hydrogen) atoms. The van der Waals surface area contributed by atoms with E-state index in [1.807, 2.05) is 23.1 Å². The van der Waals surface area contributed by atoms with Crippen molar-refractivity contribution in [3.63, 3.8) is 0 Å². The average molecular weight is 740 g/mol. The Morgan fingerprint density at radius 2 is 1.72 bits per heavy atom. The maximum atomic E-state index is 14.9. The number of amides is 1. The molecule has 1 N–H and O–H groups in total. The van der Waals surface area contributed by atoms with E-state index in [-0.39, 0.29) is 23.2 Å². The van der Waals surface area contributed by atoms with Gasteiger partial charge in [0.2, 0.25) is 5.91 Å². The van der Waals surface area contributed by atoms with Crippen LogP contribution in [-0.2, 0) is 35.3 Å². The molecule has 13 heteroatoms. The number of carbonyl (C=O) groups is 2. The summed E-state index contributed by atoms with van der Waals surface area (Å²) < 4.78 is 37.7. The molecule has 0 unspecified atom stereocenters. The molecule has 1 amide bonds. The summed E-state index contributed by atoms with van der Waals surface area (Å²) in [6.07, 6.45) is 5.46. The van der Waals surface area contributed by atoms with E-state index in [0.29, 0.717) is 50.1 Å². The molecule has 0 atom stereocenters. The highest BCUT2D eigenvalue weighted by atomic mass is 19.3. The van der Waals surface area contributed by atoms with Crippen LogP contribution in [0, 0.1) is 5.92 Å². The maximum Gasteiger partial charge on any atom is 0.356 e. The molecule has 8 rings (SSSR count). The van der Waals surface area contributed by atoms with E-state index in [0.717, 1.165) is 105 Å². The number of hydrogen-bond acceptors (Lipinski definition) is 8. The Balaban J connectivity index is 0.987.